The highest BCUT2D eigenvalue weighted by molar-refractivity contribution is 7.93. The van der Waals surface area contributed by atoms with Crippen LogP contribution in [0, 0.1) is 0 Å². The molecule has 20 heavy (non-hydrogen) atoms. The van der Waals surface area contributed by atoms with Gasteiger partial charge in [0.15, 0.2) is 15.4 Å². The van der Waals surface area contributed by atoms with Crippen LogP contribution in [0.25, 0.3) is 0 Å². The predicted molar refractivity (Wildman–Crippen MR) is 65.7 cm³/mol. The van der Waals surface area contributed by atoms with E-state index in [0.717, 1.165) is 4.90 Å². The van der Waals surface area contributed by atoms with Crippen molar-refractivity contribution in [1.82, 2.24) is 4.90 Å². The second kappa shape index (κ2) is 4.87. The number of likely N-dealkylation sites (tertiary alicyclic amines) is 1. The molecule has 0 radical (unpaired) electrons. The Morgan fingerprint density at radius 1 is 1.30 bits per heavy atom. The van der Waals surface area contributed by atoms with Gasteiger partial charge in [-0.2, -0.15) is 13.2 Å². The van der Waals surface area contributed by atoms with Gasteiger partial charge in [-0.25, -0.2) is 8.42 Å². The third kappa shape index (κ3) is 3.25. The van der Waals surface area contributed by atoms with Crippen LogP contribution in [0.15, 0.2) is 0 Å². The average molecular weight is 317 g/mol. The van der Waals surface area contributed by atoms with Crippen molar-refractivity contribution in [1.29, 1.82) is 0 Å². The molecule has 1 atom stereocenters. The van der Waals surface area contributed by atoms with E-state index in [1.807, 2.05) is 0 Å². The molecule has 1 heterocycles. The lowest BCUT2D eigenvalue weighted by molar-refractivity contribution is -0.253. The molecule has 1 aliphatic rings. The molecule has 0 saturated carbocycles. The molecule has 0 aromatic rings. The number of aliphatic hydroxyl groups is 1. The molecule has 5 nitrogen and oxygen atoms in total. The first-order chi connectivity index (χ1) is 8.70. The van der Waals surface area contributed by atoms with Gasteiger partial charge in [-0.05, 0) is 20.8 Å². The Morgan fingerprint density at radius 2 is 1.80 bits per heavy atom. The smallest absolute Gasteiger partial charge is 0.379 e. The van der Waals surface area contributed by atoms with Gasteiger partial charge in [0.1, 0.15) is 5.75 Å². The minimum absolute atomic E-state index is 0.311. The first kappa shape index (κ1) is 17.2. The number of rotatable bonds is 2. The molecule has 0 spiro atoms. The van der Waals surface area contributed by atoms with E-state index in [1.54, 1.807) is 0 Å². The summed E-state index contributed by atoms with van der Waals surface area (Å²) < 4.78 is 60.3. The number of carbonyl (C=O) groups is 1. The highest BCUT2D eigenvalue weighted by Gasteiger charge is 2.58. The van der Waals surface area contributed by atoms with Gasteiger partial charge in [0.2, 0.25) is 5.91 Å². The molecule has 118 valence electrons. The van der Waals surface area contributed by atoms with Gasteiger partial charge in [-0.1, -0.05) is 0 Å². The fourth-order valence-corrected chi connectivity index (χ4v) is 2.65. The normalized spacial score (nSPS) is 25.1. The van der Waals surface area contributed by atoms with Crippen LogP contribution in [0.3, 0.4) is 0 Å². The van der Waals surface area contributed by atoms with E-state index >= 15 is 0 Å². The minimum Gasteiger partial charge on any atom is -0.379 e. The first-order valence-electron chi connectivity index (χ1n) is 5.99. The second-order valence-corrected chi connectivity index (χ2v) is 8.71. The number of carbonyl (C=O) groups excluding carboxylic acids is 1. The maximum absolute atomic E-state index is 12.6. The highest BCUT2D eigenvalue weighted by atomic mass is 32.2. The summed E-state index contributed by atoms with van der Waals surface area (Å²) in [4.78, 5) is 12.5. The summed E-state index contributed by atoms with van der Waals surface area (Å²) in [7, 11) is -3.76. The third-order valence-electron chi connectivity index (χ3n) is 3.37. The van der Waals surface area contributed by atoms with Crippen LogP contribution in [0.2, 0.25) is 0 Å². The molecule has 0 aliphatic carbocycles. The highest BCUT2D eigenvalue weighted by Crippen LogP contribution is 2.37. The van der Waals surface area contributed by atoms with Crippen LogP contribution < -0.4 is 0 Å². The van der Waals surface area contributed by atoms with Gasteiger partial charge < -0.3 is 10.0 Å². The second-order valence-electron chi connectivity index (χ2n) is 5.97. The van der Waals surface area contributed by atoms with Crippen LogP contribution in [0.1, 0.15) is 27.2 Å². The number of hydrogen-bond acceptors (Lipinski definition) is 4. The van der Waals surface area contributed by atoms with Crippen LogP contribution in [0.5, 0.6) is 0 Å². The Balaban J connectivity index is 2.79. The molecule has 1 unspecified atom stereocenters. The lowest BCUT2D eigenvalue weighted by Gasteiger charge is -2.26. The topological polar surface area (TPSA) is 74.7 Å². The van der Waals surface area contributed by atoms with E-state index < -0.39 is 51.0 Å². The Kier molecular flexibility index (Phi) is 4.19. The van der Waals surface area contributed by atoms with Crippen LogP contribution >= 0.6 is 0 Å². The zero-order chi connectivity index (χ0) is 16.0. The maximum Gasteiger partial charge on any atom is 0.419 e. The van der Waals surface area contributed by atoms with E-state index in [1.165, 1.54) is 20.8 Å². The number of β-amino-alcohol motifs (C(OH)–C–C–N with tert-alkyl or cyclic N) is 1. The summed E-state index contributed by atoms with van der Waals surface area (Å²) in [5.41, 5.74) is -2.95. The first-order valence-corrected chi connectivity index (χ1v) is 7.64. The fourth-order valence-electron chi connectivity index (χ4n) is 1.71. The summed E-state index contributed by atoms with van der Waals surface area (Å²) in [6, 6.07) is 0. The molecule has 1 fully saturated rings. The molecule has 1 N–H and O–H groups in total. The molecule has 1 saturated heterocycles. The zero-order valence-corrected chi connectivity index (χ0v) is 12.3. The Morgan fingerprint density at radius 3 is 2.15 bits per heavy atom. The molecule has 1 amide bonds. The molecule has 1 rings (SSSR count). The summed E-state index contributed by atoms with van der Waals surface area (Å²) in [5.74, 6) is -1.77. The lowest BCUT2D eigenvalue weighted by atomic mass is 10.0. The summed E-state index contributed by atoms with van der Waals surface area (Å²) in [6.07, 6.45) is -5.48. The summed E-state index contributed by atoms with van der Waals surface area (Å²) >= 11 is 0. The van der Waals surface area contributed by atoms with Crippen LogP contribution in [0.4, 0.5) is 13.2 Å². The number of amides is 1. The van der Waals surface area contributed by atoms with Gasteiger partial charge in [-0.3, -0.25) is 4.79 Å². The average Bonchev–Trinajstić information content (AvgIpc) is 2.59. The van der Waals surface area contributed by atoms with Gasteiger partial charge in [0.05, 0.1) is 11.3 Å². The molecule has 9 heteroatoms. The van der Waals surface area contributed by atoms with Crippen molar-refractivity contribution in [3.05, 3.63) is 0 Å². The van der Waals surface area contributed by atoms with Gasteiger partial charge in [-0.15, -0.1) is 0 Å². The van der Waals surface area contributed by atoms with Gasteiger partial charge in [0, 0.05) is 13.0 Å². The van der Waals surface area contributed by atoms with E-state index in [0.29, 0.717) is 0 Å². The van der Waals surface area contributed by atoms with Gasteiger partial charge in [0.25, 0.3) is 0 Å². The molecule has 0 aromatic carbocycles. The minimum atomic E-state index is -4.84. The SMILES string of the molecule is CC(C)(C)S(=O)(=O)CC(=O)N1CCC(O)(C(F)(F)F)C1. The lowest BCUT2D eigenvalue weighted by Crippen LogP contribution is -2.49. The van der Waals surface area contributed by atoms with E-state index in [2.05, 4.69) is 0 Å². The van der Waals surface area contributed by atoms with Crippen molar-refractivity contribution in [3.63, 3.8) is 0 Å². The largest absolute Gasteiger partial charge is 0.419 e. The summed E-state index contributed by atoms with van der Waals surface area (Å²) in [5, 5.41) is 9.44. The molecule has 0 aromatic heterocycles. The van der Waals surface area contributed by atoms with Crippen molar-refractivity contribution in [2.75, 3.05) is 18.8 Å². The number of halogens is 3. The number of alkyl halides is 3. The predicted octanol–water partition coefficient (Wildman–Crippen LogP) is 0.725. The monoisotopic (exact) mass is 317 g/mol. The third-order valence-corrected chi connectivity index (χ3v) is 5.87. The maximum atomic E-state index is 12.6. The quantitative estimate of drug-likeness (QED) is 0.814. The summed E-state index contributed by atoms with van der Waals surface area (Å²) in [6.45, 7) is 2.99. The van der Waals surface area contributed by atoms with E-state index in [9.17, 15) is 31.5 Å². The Labute approximate surface area is 115 Å². The van der Waals surface area contributed by atoms with Crippen molar-refractivity contribution in [2.24, 2.45) is 0 Å². The molecule has 0 bridgehead atoms. The zero-order valence-electron chi connectivity index (χ0n) is 11.5. The molecular weight excluding hydrogens is 299 g/mol. The van der Waals surface area contributed by atoms with Crippen molar-refractivity contribution >= 4 is 15.7 Å². The number of nitrogens with zero attached hydrogens (tertiary/aromatic N) is 1. The molecular formula is C11H18F3NO4S. The van der Waals surface area contributed by atoms with Crippen molar-refractivity contribution in [3.8, 4) is 0 Å². The van der Waals surface area contributed by atoms with E-state index in [-0.39, 0.29) is 6.54 Å². The number of sulfone groups is 1. The Hall–Kier alpha value is -0.830. The van der Waals surface area contributed by atoms with Crippen LogP contribution in [-0.2, 0) is 14.6 Å². The van der Waals surface area contributed by atoms with Crippen LogP contribution in [-0.4, -0.2) is 59.7 Å². The number of hydrogen-bond donors (Lipinski definition) is 1. The standard InChI is InChI=1S/C11H18F3NO4S/c1-9(2,3)20(18,19)6-8(16)15-5-4-10(17,7-15)11(12,13)14/h17H,4-7H2,1-3H3. The fraction of sp³-hybridized carbons (Fsp3) is 0.909. The van der Waals surface area contributed by atoms with Crippen molar-refractivity contribution in [2.45, 2.75) is 43.7 Å². The molecule has 1 aliphatic heterocycles. The van der Waals surface area contributed by atoms with E-state index in [4.69, 9.17) is 0 Å². The Bertz CT molecular complexity index is 495. The van der Waals surface area contributed by atoms with Gasteiger partial charge >= 0.3 is 6.18 Å². The van der Waals surface area contributed by atoms with Crippen molar-refractivity contribution < 1.29 is 31.5 Å².